The minimum atomic E-state index is -4.69. The average Bonchev–Trinajstić information content (AvgIpc) is 3.35. The summed E-state index contributed by atoms with van der Waals surface area (Å²) in [5, 5.41) is 3.68. The van der Waals surface area contributed by atoms with E-state index in [1.165, 1.54) is 18.2 Å². The van der Waals surface area contributed by atoms with Gasteiger partial charge in [-0.15, -0.1) is 0 Å². The van der Waals surface area contributed by atoms with Gasteiger partial charge in [-0.1, -0.05) is 36.9 Å². The number of nitrogen functional groups attached to an aromatic ring is 1. The molecule has 5 rings (SSSR count). The number of nitrogens with zero attached hydrogens (tertiary/aromatic N) is 3. The standard InChI is InChI=1S/C29H37ClF3N5O3/c1-2-40-26(39)22-16-28(17-35-22)10-12-38(13-11-28)23-15-24(37-27(34)36-23)41-25(29(31,32)33)20-9-8-19(30)14-21(20)18-6-4-3-5-7-18/h8-9,14-15,18,22,25,35H,2-7,10-13,16-17H2,1H3,(H2,34,36,37)/t22-,25+/m0/s1. The van der Waals surface area contributed by atoms with Crippen molar-refractivity contribution >= 4 is 29.3 Å². The van der Waals surface area contributed by atoms with E-state index in [1.807, 2.05) is 4.90 Å². The summed E-state index contributed by atoms with van der Waals surface area (Å²) in [5.41, 5.74) is 6.55. The molecular formula is C29H37ClF3N5O3. The van der Waals surface area contributed by atoms with Gasteiger partial charge in [0.2, 0.25) is 17.9 Å². The van der Waals surface area contributed by atoms with Crippen molar-refractivity contribution in [1.29, 1.82) is 0 Å². The molecule has 8 nitrogen and oxygen atoms in total. The van der Waals surface area contributed by atoms with Gasteiger partial charge in [0.25, 0.3) is 0 Å². The first-order chi connectivity index (χ1) is 19.6. The van der Waals surface area contributed by atoms with Crippen molar-refractivity contribution in [3.63, 3.8) is 0 Å². The molecule has 3 N–H and O–H groups in total. The molecule has 1 aliphatic carbocycles. The number of nitrogens with two attached hydrogens (primary N) is 1. The lowest BCUT2D eigenvalue weighted by Gasteiger charge is -2.39. The number of hydrogen-bond donors (Lipinski definition) is 2. The lowest BCUT2D eigenvalue weighted by atomic mass is 9.76. The minimum Gasteiger partial charge on any atom is -0.465 e. The van der Waals surface area contributed by atoms with Crippen LogP contribution in [-0.4, -0.2) is 54.4 Å². The fraction of sp³-hybridized carbons (Fsp3) is 0.621. The smallest absolute Gasteiger partial charge is 0.429 e. The Labute approximate surface area is 243 Å². The number of ether oxygens (including phenoxy) is 2. The van der Waals surface area contributed by atoms with E-state index in [0.29, 0.717) is 49.1 Å². The van der Waals surface area contributed by atoms with Gasteiger partial charge < -0.3 is 25.4 Å². The average molecular weight is 596 g/mol. The zero-order valence-electron chi connectivity index (χ0n) is 23.2. The fourth-order valence-corrected chi connectivity index (χ4v) is 6.73. The summed E-state index contributed by atoms with van der Waals surface area (Å²) in [4.78, 5) is 22.5. The molecule has 2 aliphatic heterocycles. The van der Waals surface area contributed by atoms with Crippen molar-refractivity contribution in [1.82, 2.24) is 15.3 Å². The minimum absolute atomic E-state index is 0.00824. The number of alkyl halides is 3. The van der Waals surface area contributed by atoms with Crippen LogP contribution in [0.1, 0.15) is 81.4 Å². The van der Waals surface area contributed by atoms with E-state index >= 15 is 0 Å². The van der Waals surface area contributed by atoms with Crippen LogP contribution in [0.3, 0.4) is 0 Å². The highest BCUT2D eigenvalue weighted by atomic mass is 35.5. The Morgan fingerprint density at radius 1 is 1.20 bits per heavy atom. The molecule has 41 heavy (non-hydrogen) atoms. The number of benzene rings is 1. The lowest BCUT2D eigenvalue weighted by molar-refractivity contribution is -0.199. The van der Waals surface area contributed by atoms with Crippen LogP contribution in [0.5, 0.6) is 5.88 Å². The van der Waals surface area contributed by atoms with Crippen LogP contribution in [0.15, 0.2) is 24.3 Å². The molecule has 1 aromatic heterocycles. The van der Waals surface area contributed by atoms with Crippen LogP contribution >= 0.6 is 11.6 Å². The van der Waals surface area contributed by atoms with E-state index in [-0.39, 0.29) is 40.7 Å². The lowest BCUT2D eigenvalue weighted by Crippen LogP contribution is -2.41. The Bertz CT molecular complexity index is 1230. The van der Waals surface area contributed by atoms with E-state index in [4.69, 9.17) is 26.8 Å². The SMILES string of the molecule is CCOC(=O)[C@@H]1CC2(CCN(c3cc(O[C@H](c4ccc(Cl)cc4C4CCCCC4)C(F)(F)F)nc(N)n3)CC2)CN1. The highest BCUT2D eigenvalue weighted by Crippen LogP contribution is 2.44. The van der Waals surface area contributed by atoms with Crippen LogP contribution in [0.4, 0.5) is 24.9 Å². The Kier molecular flexibility index (Phi) is 8.84. The summed E-state index contributed by atoms with van der Waals surface area (Å²) in [7, 11) is 0. The second-order valence-electron chi connectivity index (χ2n) is 11.4. The number of rotatable bonds is 7. The van der Waals surface area contributed by atoms with Gasteiger partial charge in [-0.25, -0.2) is 0 Å². The highest BCUT2D eigenvalue weighted by molar-refractivity contribution is 6.30. The van der Waals surface area contributed by atoms with Gasteiger partial charge >= 0.3 is 12.1 Å². The number of halogens is 4. The molecule has 2 saturated heterocycles. The second kappa shape index (κ2) is 12.2. The maximum Gasteiger partial charge on any atom is 0.429 e. The summed E-state index contributed by atoms with van der Waals surface area (Å²) < 4.78 is 54.3. The number of carbonyl (C=O) groups is 1. The highest BCUT2D eigenvalue weighted by Gasteiger charge is 2.46. The molecule has 1 spiro atoms. The van der Waals surface area contributed by atoms with Crippen LogP contribution in [-0.2, 0) is 9.53 Å². The van der Waals surface area contributed by atoms with Crippen molar-refractivity contribution in [3.8, 4) is 5.88 Å². The zero-order valence-corrected chi connectivity index (χ0v) is 23.9. The summed E-state index contributed by atoms with van der Waals surface area (Å²) in [5.74, 6) is -0.216. The fourth-order valence-electron chi connectivity index (χ4n) is 6.55. The number of aromatic nitrogens is 2. The monoisotopic (exact) mass is 595 g/mol. The molecule has 0 bridgehead atoms. The number of esters is 1. The summed E-state index contributed by atoms with van der Waals surface area (Å²) in [6.07, 6.45) is -0.00999. The van der Waals surface area contributed by atoms with Crippen LogP contribution < -0.4 is 20.7 Å². The van der Waals surface area contributed by atoms with E-state index < -0.39 is 12.3 Å². The predicted octanol–water partition coefficient (Wildman–Crippen LogP) is 5.95. The van der Waals surface area contributed by atoms with E-state index in [9.17, 15) is 18.0 Å². The molecule has 12 heteroatoms. The quantitative estimate of drug-likeness (QED) is 0.378. The molecule has 1 saturated carbocycles. The van der Waals surface area contributed by atoms with Crippen LogP contribution in [0.2, 0.25) is 5.02 Å². The summed E-state index contributed by atoms with van der Waals surface area (Å²) >= 11 is 6.23. The normalized spacial score (nSPS) is 22.1. The van der Waals surface area contributed by atoms with Gasteiger partial charge in [0.15, 0.2) is 0 Å². The topological polar surface area (TPSA) is 103 Å². The Morgan fingerprint density at radius 3 is 2.61 bits per heavy atom. The first-order valence-electron chi connectivity index (χ1n) is 14.4. The van der Waals surface area contributed by atoms with Gasteiger partial charge in [-0.3, -0.25) is 4.79 Å². The van der Waals surface area contributed by atoms with Crippen molar-refractivity contribution in [2.24, 2.45) is 5.41 Å². The molecule has 224 valence electrons. The van der Waals surface area contributed by atoms with Crippen molar-refractivity contribution < 1.29 is 27.4 Å². The molecule has 0 radical (unpaired) electrons. The second-order valence-corrected chi connectivity index (χ2v) is 11.9. The first kappa shape index (κ1) is 29.7. The van der Waals surface area contributed by atoms with Crippen molar-refractivity contribution in [2.75, 3.05) is 36.9 Å². The number of nitrogens with one attached hydrogen (secondary N) is 1. The third-order valence-electron chi connectivity index (χ3n) is 8.70. The molecule has 0 amide bonds. The number of piperidine rings is 1. The third-order valence-corrected chi connectivity index (χ3v) is 8.93. The number of hydrogen-bond acceptors (Lipinski definition) is 8. The van der Waals surface area contributed by atoms with Gasteiger partial charge in [-0.2, -0.15) is 23.1 Å². The zero-order chi connectivity index (χ0) is 29.2. The number of carbonyl (C=O) groups excluding carboxylic acids is 1. The van der Waals surface area contributed by atoms with E-state index in [1.54, 1.807) is 13.0 Å². The molecule has 3 fully saturated rings. The number of anilines is 2. The molecule has 3 aliphatic rings. The maximum absolute atomic E-state index is 14.5. The van der Waals surface area contributed by atoms with Gasteiger partial charge in [0.05, 0.1) is 6.61 Å². The van der Waals surface area contributed by atoms with Gasteiger partial charge in [-0.05, 0) is 68.1 Å². The molecule has 1 aromatic carbocycles. The third kappa shape index (κ3) is 6.83. The predicted molar refractivity (Wildman–Crippen MR) is 150 cm³/mol. The molecule has 2 atom stereocenters. The molecule has 0 unspecified atom stereocenters. The van der Waals surface area contributed by atoms with Crippen LogP contribution in [0, 0.1) is 5.41 Å². The summed E-state index contributed by atoms with van der Waals surface area (Å²) in [6, 6.07) is 5.64. The largest absolute Gasteiger partial charge is 0.465 e. The molecule has 2 aromatic rings. The maximum atomic E-state index is 14.5. The Morgan fingerprint density at radius 2 is 1.93 bits per heavy atom. The molecule has 3 heterocycles. The van der Waals surface area contributed by atoms with Crippen molar-refractivity contribution in [2.45, 2.75) is 82.5 Å². The van der Waals surface area contributed by atoms with E-state index in [0.717, 1.165) is 44.9 Å². The van der Waals surface area contributed by atoms with Crippen molar-refractivity contribution in [3.05, 3.63) is 40.4 Å². The Balaban J connectivity index is 1.34. The summed E-state index contributed by atoms with van der Waals surface area (Å²) in [6.45, 7) is 4.06. The first-order valence-corrected chi connectivity index (χ1v) is 14.8. The van der Waals surface area contributed by atoms with E-state index in [2.05, 4.69) is 15.3 Å². The van der Waals surface area contributed by atoms with Crippen LogP contribution in [0.25, 0.3) is 0 Å². The van der Waals surface area contributed by atoms with Gasteiger partial charge in [0.1, 0.15) is 11.9 Å². The molecular weight excluding hydrogens is 559 g/mol. The van der Waals surface area contributed by atoms with Gasteiger partial charge in [0, 0.05) is 36.3 Å². The Hall–Kier alpha value is -2.79.